The molecule has 0 aliphatic rings. The van der Waals surface area contributed by atoms with Gasteiger partial charge in [0.15, 0.2) is 0 Å². The minimum absolute atomic E-state index is 0.167. The van der Waals surface area contributed by atoms with E-state index in [1.807, 2.05) is 0 Å². The molecule has 0 unspecified atom stereocenters. The van der Waals surface area contributed by atoms with Gasteiger partial charge in [-0.25, -0.2) is 0 Å². The molecule has 0 aliphatic carbocycles. The van der Waals surface area contributed by atoms with Crippen molar-refractivity contribution in [2.45, 2.75) is 248 Å². The van der Waals surface area contributed by atoms with Crippen molar-refractivity contribution in [1.82, 2.24) is 0 Å². The fraction of sp³-hybridized carbons (Fsp3) is 0.773. The Hall–Kier alpha value is -8.03. The van der Waals surface area contributed by atoms with E-state index in [4.69, 9.17) is 10.2 Å². The third kappa shape index (κ3) is 487. The Kier molecular flexibility index (Phi) is 176. The van der Waals surface area contributed by atoms with Gasteiger partial charge in [-0.05, 0) is 132 Å². The zero-order valence-corrected chi connectivity index (χ0v) is 66.4. The maximum Gasteiger partial charge on any atom is 0.302 e. The summed E-state index contributed by atoms with van der Waals surface area (Å²) in [5.74, 6) is -3.16. The highest BCUT2D eigenvalue weighted by molar-refractivity contribution is 5.69. The summed E-state index contributed by atoms with van der Waals surface area (Å²) in [5, 5.41) is 16.1. The number of carbonyl (C=O) groups is 15. The molecule has 0 aromatic carbocycles. The molecule has 592 valence electrons. The van der Waals surface area contributed by atoms with E-state index in [9.17, 15) is 71.9 Å². The molecular weight excluding hydrogens is 1300 g/mol. The van der Waals surface area contributed by atoms with Gasteiger partial charge in [-0.1, -0.05) is 0 Å². The van der Waals surface area contributed by atoms with Crippen LogP contribution in [0.15, 0.2) is 0 Å². The van der Waals surface area contributed by atoms with Crippen molar-refractivity contribution < 1.29 is 153 Å². The maximum absolute atomic E-state index is 9.82. The van der Waals surface area contributed by atoms with Gasteiger partial charge in [0, 0.05) is 116 Å². The van der Waals surface area contributed by atoms with Gasteiger partial charge in [0.2, 0.25) is 0 Å². The smallest absolute Gasteiger partial charge is 0.302 e. The van der Waals surface area contributed by atoms with Gasteiger partial charge in [-0.15, -0.1) is 0 Å². The molecule has 32 heteroatoms. The Labute approximate surface area is 587 Å². The molecule has 0 saturated carbocycles. The van der Waals surface area contributed by atoms with E-state index in [1.54, 1.807) is 132 Å². The van der Waals surface area contributed by atoms with Crippen LogP contribution in [0, 0.1) is 0 Å². The quantitative estimate of drug-likeness (QED) is 0.114. The fourth-order valence-corrected chi connectivity index (χ4v) is 3.05. The number of ether oxygens (including phenoxy) is 15. The number of aliphatic hydroxyl groups excluding tert-OH is 2. The van der Waals surface area contributed by atoms with E-state index >= 15 is 0 Å². The van der Waals surface area contributed by atoms with Crippen LogP contribution in [-0.2, 0) is 143 Å². The van der Waals surface area contributed by atoms with Crippen LogP contribution in [0.5, 0.6) is 0 Å². The first kappa shape index (κ1) is 134. The summed E-state index contributed by atoms with van der Waals surface area (Å²) in [4.78, 5) is 147. The van der Waals surface area contributed by atoms with Crippen LogP contribution < -0.4 is 0 Å². The summed E-state index contributed by atoms with van der Waals surface area (Å²) >= 11 is 0. The number of hydrogen-bond donors (Lipinski definition) is 2. The summed E-state index contributed by atoms with van der Waals surface area (Å²) in [7, 11) is 0. The molecule has 0 aliphatic heterocycles. The minimum Gasteiger partial charge on any atom is -0.466 e. The summed E-state index contributed by atoms with van der Waals surface area (Å²) < 4.78 is 66.0. The number of rotatable bonds is 15. The molecule has 0 amide bonds. The third-order valence-corrected chi connectivity index (χ3v) is 5.21. The largest absolute Gasteiger partial charge is 0.466 e. The molecule has 32 nitrogen and oxygen atoms in total. The normalized spacial score (nSPS) is 7.78. The number of aliphatic hydroxyl groups is 2. The van der Waals surface area contributed by atoms with Gasteiger partial charge < -0.3 is 81.3 Å². The van der Waals surface area contributed by atoms with Crippen LogP contribution in [0.3, 0.4) is 0 Å². The van der Waals surface area contributed by atoms with Crippen LogP contribution >= 0.6 is 0 Å². The minimum atomic E-state index is -0.211. The van der Waals surface area contributed by atoms with Crippen molar-refractivity contribution in [3.05, 3.63) is 0 Å². The number of hydrogen-bond acceptors (Lipinski definition) is 32. The molecule has 0 atom stereocenters. The number of esters is 15. The second kappa shape index (κ2) is 129. The highest BCUT2D eigenvalue weighted by Gasteiger charge is 1.89. The lowest BCUT2D eigenvalue weighted by atomic mass is 10.5. The summed E-state index contributed by atoms with van der Waals surface area (Å²) in [6.45, 7) is 61.7. The Bertz CT molecular complexity index is 1300. The van der Waals surface area contributed by atoms with E-state index in [0.29, 0.717) is 99.1 Å². The Morgan fingerprint density at radius 2 is 0.194 bits per heavy atom. The molecular formula is C66H136O32. The van der Waals surface area contributed by atoms with Gasteiger partial charge >= 0.3 is 89.5 Å². The molecule has 0 saturated heterocycles. The van der Waals surface area contributed by atoms with Gasteiger partial charge in [0.05, 0.1) is 99.1 Å². The lowest BCUT2D eigenvalue weighted by Gasteiger charge is -1.89. The molecule has 0 bridgehead atoms. The Morgan fingerprint density at radius 3 is 0.194 bits per heavy atom. The molecule has 98 heavy (non-hydrogen) atoms. The second-order valence-corrected chi connectivity index (χ2v) is 16.1. The summed E-state index contributed by atoms with van der Waals surface area (Å²) in [5.41, 5.74) is 0. The summed E-state index contributed by atoms with van der Waals surface area (Å²) in [6, 6.07) is 0. The zero-order chi connectivity index (χ0) is 82.0. The van der Waals surface area contributed by atoms with Crippen molar-refractivity contribution in [3.8, 4) is 0 Å². The van der Waals surface area contributed by atoms with E-state index in [2.05, 4.69) is 71.1 Å². The van der Waals surface area contributed by atoms with E-state index in [0.717, 1.165) is 0 Å². The topological polar surface area (TPSA) is 435 Å². The maximum atomic E-state index is 9.82. The lowest BCUT2D eigenvalue weighted by Crippen LogP contribution is -1.95. The van der Waals surface area contributed by atoms with E-state index in [-0.39, 0.29) is 102 Å². The van der Waals surface area contributed by atoms with Crippen LogP contribution in [0.1, 0.15) is 235 Å². The SMILES string of the molecule is CC(C)O.CC(C)O.CCOC(C)=O.CCOC(C)=O.CCOC(C)=O.CCOC(C)=O.CCOC(C)=O.CCOC(C)=O.CCOC(C)=O.CCOC(C)=O.CCOC(C)=O.CCOC(C)=O.CCOC(C)=O.CCOC(C)=O.CCOC(C)=O.CCOC(C)=O.CCOC(C)=O. The van der Waals surface area contributed by atoms with Crippen LogP contribution in [0.4, 0.5) is 0 Å². The Morgan fingerprint density at radius 1 is 0.163 bits per heavy atom. The zero-order valence-electron chi connectivity index (χ0n) is 66.4. The average molecular weight is 1440 g/mol. The first-order valence-corrected chi connectivity index (χ1v) is 31.4. The molecule has 0 spiro atoms. The molecule has 0 heterocycles. The lowest BCUT2D eigenvalue weighted by molar-refractivity contribution is -0.141. The third-order valence-electron chi connectivity index (χ3n) is 5.21. The van der Waals surface area contributed by atoms with Crippen LogP contribution in [-0.4, -0.2) is 211 Å². The van der Waals surface area contributed by atoms with Crippen LogP contribution in [0.25, 0.3) is 0 Å². The molecule has 0 aromatic rings. The molecule has 0 fully saturated rings. The molecule has 0 aromatic heterocycles. The molecule has 2 N–H and O–H groups in total. The Balaban J connectivity index is -0.0000000475. The average Bonchev–Trinajstić information content (AvgIpc) is 3.40. The van der Waals surface area contributed by atoms with Gasteiger partial charge in [-0.3, -0.25) is 71.9 Å². The standard InChI is InChI=1S/15C4H8O2.2C3H8O/c15*1-3-6-4(2)5;2*1-3(2)4/h15*3H2,1-2H3;2*3-4H,1-2H3. The van der Waals surface area contributed by atoms with Gasteiger partial charge in [0.25, 0.3) is 0 Å². The first-order chi connectivity index (χ1) is 45.0. The monoisotopic (exact) mass is 1440 g/mol. The highest BCUT2D eigenvalue weighted by Crippen LogP contribution is 1.77. The predicted molar refractivity (Wildman–Crippen MR) is 369 cm³/mol. The van der Waals surface area contributed by atoms with Gasteiger partial charge in [-0.2, -0.15) is 0 Å². The number of carbonyl (C=O) groups excluding carboxylic acids is 15. The van der Waals surface area contributed by atoms with E-state index < -0.39 is 0 Å². The van der Waals surface area contributed by atoms with Crippen molar-refractivity contribution in [1.29, 1.82) is 0 Å². The summed E-state index contributed by atoms with van der Waals surface area (Å²) in [6.07, 6.45) is -0.333. The first-order valence-electron chi connectivity index (χ1n) is 31.4. The fourth-order valence-electron chi connectivity index (χ4n) is 3.05. The van der Waals surface area contributed by atoms with Crippen LogP contribution in [0.2, 0.25) is 0 Å². The predicted octanol–water partition coefficient (Wildman–Crippen LogP) is 9.32. The highest BCUT2D eigenvalue weighted by atomic mass is 16.6. The van der Waals surface area contributed by atoms with Gasteiger partial charge in [0.1, 0.15) is 0 Å². The second-order valence-electron chi connectivity index (χ2n) is 16.1. The van der Waals surface area contributed by atoms with E-state index in [1.165, 1.54) is 104 Å². The molecule has 0 radical (unpaired) electrons. The van der Waals surface area contributed by atoms with Crippen molar-refractivity contribution in [2.24, 2.45) is 0 Å². The van der Waals surface area contributed by atoms with Crippen molar-refractivity contribution in [3.63, 3.8) is 0 Å². The van der Waals surface area contributed by atoms with Crippen molar-refractivity contribution >= 4 is 89.5 Å². The molecule has 0 rings (SSSR count). The van der Waals surface area contributed by atoms with Crippen molar-refractivity contribution in [2.75, 3.05) is 99.1 Å².